The Balaban J connectivity index is 3.75. The Morgan fingerprint density at radius 1 is 1.50 bits per heavy atom. The number of hydrogen-bond acceptors (Lipinski definition) is 3. The largest absolute Gasteiger partial charge is 0.479 e. The first-order valence-electron chi connectivity index (χ1n) is 5.16. The molecule has 3 N–H and O–H groups in total. The molecule has 0 spiro atoms. The summed E-state index contributed by atoms with van der Waals surface area (Å²) in [5.74, 6) is -0.501. The fraction of sp³-hybridized carbons (Fsp3) is 0.900. The van der Waals surface area contributed by atoms with E-state index in [1.165, 1.54) is 0 Å². The van der Waals surface area contributed by atoms with Gasteiger partial charge in [-0.2, -0.15) is 0 Å². The van der Waals surface area contributed by atoms with Crippen molar-refractivity contribution in [3.8, 4) is 0 Å². The lowest BCUT2D eigenvalue weighted by molar-refractivity contribution is -0.151. The zero-order valence-electron chi connectivity index (χ0n) is 9.03. The van der Waals surface area contributed by atoms with Crippen molar-refractivity contribution in [1.29, 1.82) is 0 Å². The maximum absolute atomic E-state index is 10.7. The number of ether oxygens (including phenoxy) is 1. The van der Waals surface area contributed by atoms with E-state index in [9.17, 15) is 4.79 Å². The average molecular weight is 203 g/mol. The van der Waals surface area contributed by atoms with Crippen LogP contribution >= 0.6 is 0 Å². The van der Waals surface area contributed by atoms with Crippen LogP contribution in [0.2, 0.25) is 0 Å². The molecule has 0 aromatic rings. The number of carboxylic acid groups (broad SMARTS) is 1. The van der Waals surface area contributed by atoms with Gasteiger partial charge in [0.05, 0.1) is 6.61 Å². The van der Waals surface area contributed by atoms with Crippen LogP contribution in [0.5, 0.6) is 0 Å². The third kappa shape index (κ3) is 5.94. The minimum absolute atomic E-state index is 0.346. The summed E-state index contributed by atoms with van der Waals surface area (Å²) >= 11 is 0. The van der Waals surface area contributed by atoms with Gasteiger partial charge in [0.25, 0.3) is 0 Å². The van der Waals surface area contributed by atoms with Crippen LogP contribution in [0.3, 0.4) is 0 Å². The monoisotopic (exact) mass is 203 g/mol. The van der Waals surface area contributed by atoms with E-state index >= 15 is 0 Å². The number of aliphatic carboxylic acids is 1. The maximum atomic E-state index is 10.7. The lowest BCUT2D eigenvalue weighted by atomic mass is 10.1. The molecule has 4 nitrogen and oxygen atoms in total. The Hall–Kier alpha value is -0.610. The van der Waals surface area contributed by atoms with Crippen molar-refractivity contribution in [2.75, 3.05) is 13.2 Å². The Labute approximate surface area is 85.4 Å². The predicted molar refractivity (Wildman–Crippen MR) is 55.1 cm³/mol. The van der Waals surface area contributed by atoms with Crippen molar-refractivity contribution in [2.45, 2.75) is 39.2 Å². The Bertz CT molecular complexity index is 161. The summed E-state index contributed by atoms with van der Waals surface area (Å²) in [6, 6.07) is 0. The van der Waals surface area contributed by atoms with Gasteiger partial charge in [0.2, 0.25) is 0 Å². The van der Waals surface area contributed by atoms with E-state index in [2.05, 4.69) is 13.8 Å². The van der Waals surface area contributed by atoms with Gasteiger partial charge >= 0.3 is 5.97 Å². The second-order valence-corrected chi connectivity index (χ2v) is 3.63. The van der Waals surface area contributed by atoms with Crippen LogP contribution < -0.4 is 5.73 Å². The highest BCUT2D eigenvalue weighted by atomic mass is 16.5. The lowest BCUT2D eigenvalue weighted by Crippen LogP contribution is -2.28. The van der Waals surface area contributed by atoms with Gasteiger partial charge in [-0.15, -0.1) is 0 Å². The van der Waals surface area contributed by atoms with Gasteiger partial charge in [0.15, 0.2) is 6.10 Å². The number of nitrogens with two attached hydrogens (primary N) is 1. The molecule has 2 atom stereocenters. The third-order valence-electron chi connectivity index (χ3n) is 2.07. The van der Waals surface area contributed by atoms with Gasteiger partial charge in [-0.25, -0.2) is 4.79 Å². The minimum atomic E-state index is -0.917. The van der Waals surface area contributed by atoms with Crippen molar-refractivity contribution >= 4 is 5.97 Å². The molecule has 0 aliphatic carbocycles. The SMILES string of the molecule is CCCC(C)COC(CCN)C(=O)O. The maximum Gasteiger partial charge on any atom is 0.332 e. The van der Waals surface area contributed by atoms with Crippen molar-refractivity contribution < 1.29 is 14.6 Å². The molecule has 0 aromatic heterocycles. The molecule has 2 unspecified atom stereocenters. The normalized spacial score (nSPS) is 15.1. The van der Waals surface area contributed by atoms with Gasteiger partial charge in [-0.1, -0.05) is 20.3 Å². The molecule has 0 fully saturated rings. The number of carboxylic acids is 1. The molecule has 0 saturated heterocycles. The molecule has 0 aliphatic rings. The smallest absolute Gasteiger partial charge is 0.332 e. The van der Waals surface area contributed by atoms with Crippen LogP contribution in [0.25, 0.3) is 0 Å². The number of rotatable bonds is 8. The molecular formula is C10H21NO3. The zero-order valence-corrected chi connectivity index (χ0v) is 9.03. The second-order valence-electron chi connectivity index (χ2n) is 3.63. The lowest BCUT2D eigenvalue weighted by Gasteiger charge is -2.16. The van der Waals surface area contributed by atoms with Crippen LogP contribution in [0, 0.1) is 5.92 Å². The third-order valence-corrected chi connectivity index (χ3v) is 2.07. The van der Waals surface area contributed by atoms with Crippen molar-refractivity contribution in [3.05, 3.63) is 0 Å². The van der Waals surface area contributed by atoms with Crippen LogP contribution in [-0.4, -0.2) is 30.3 Å². The molecule has 0 aromatic carbocycles. The van der Waals surface area contributed by atoms with Gasteiger partial charge in [0, 0.05) is 0 Å². The first-order valence-corrected chi connectivity index (χ1v) is 5.16. The first-order chi connectivity index (χ1) is 6.61. The minimum Gasteiger partial charge on any atom is -0.479 e. The summed E-state index contributed by atoms with van der Waals surface area (Å²) < 4.78 is 5.28. The second kappa shape index (κ2) is 7.76. The zero-order chi connectivity index (χ0) is 11.0. The molecule has 0 bridgehead atoms. The van der Waals surface area contributed by atoms with E-state index in [1.54, 1.807) is 0 Å². The molecule has 0 rings (SSSR count). The molecule has 0 saturated carbocycles. The van der Waals surface area contributed by atoms with E-state index in [-0.39, 0.29) is 0 Å². The van der Waals surface area contributed by atoms with E-state index < -0.39 is 12.1 Å². The van der Waals surface area contributed by atoms with Crippen LogP contribution in [0.15, 0.2) is 0 Å². The fourth-order valence-corrected chi connectivity index (χ4v) is 1.29. The Kier molecular flexibility index (Phi) is 7.42. The molecule has 0 heterocycles. The summed E-state index contributed by atoms with van der Waals surface area (Å²) in [7, 11) is 0. The van der Waals surface area contributed by atoms with Crippen molar-refractivity contribution in [2.24, 2.45) is 11.7 Å². The van der Waals surface area contributed by atoms with E-state index in [1.807, 2.05) is 0 Å². The highest BCUT2D eigenvalue weighted by Crippen LogP contribution is 2.08. The Morgan fingerprint density at radius 2 is 2.14 bits per heavy atom. The van der Waals surface area contributed by atoms with E-state index in [0.29, 0.717) is 25.5 Å². The van der Waals surface area contributed by atoms with Crippen LogP contribution in [-0.2, 0) is 9.53 Å². The molecule has 84 valence electrons. The molecule has 0 amide bonds. The van der Waals surface area contributed by atoms with Gasteiger partial charge in [0.1, 0.15) is 0 Å². The predicted octanol–water partition coefficient (Wildman–Crippen LogP) is 1.24. The quantitative estimate of drug-likeness (QED) is 0.622. The van der Waals surface area contributed by atoms with Gasteiger partial charge in [-0.05, 0) is 25.3 Å². The molecule has 0 radical (unpaired) electrons. The van der Waals surface area contributed by atoms with Crippen molar-refractivity contribution in [3.63, 3.8) is 0 Å². The summed E-state index contributed by atoms with van der Waals surface area (Å²) in [4.78, 5) is 10.7. The van der Waals surface area contributed by atoms with Gasteiger partial charge in [-0.3, -0.25) is 0 Å². The van der Waals surface area contributed by atoms with Crippen LogP contribution in [0.1, 0.15) is 33.1 Å². The number of hydrogen-bond donors (Lipinski definition) is 2. The fourth-order valence-electron chi connectivity index (χ4n) is 1.29. The average Bonchev–Trinajstić information content (AvgIpc) is 2.12. The topological polar surface area (TPSA) is 72.5 Å². The highest BCUT2D eigenvalue weighted by Gasteiger charge is 2.17. The van der Waals surface area contributed by atoms with E-state index in [4.69, 9.17) is 15.6 Å². The van der Waals surface area contributed by atoms with Crippen molar-refractivity contribution in [1.82, 2.24) is 0 Å². The van der Waals surface area contributed by atoms with E-state index in [0.717, 1.165) is 12.8 Å². The number of carbonyl (C=O) groups is 1. The standard InChI is InChI=1S/C10H21NO3/c1-3-4-8(2)7-14-9(5-6-11)10(12)13/h8-9H,3-7,11H2,1-2H3,(H,12,13). The molecule has 4 heteroatoms. The summed E-state index contributed by atoms with van der Waals surface area (Å²) in [6.07, 6.45) is 1.81. The summed E-state index contributed by atoms with van der Waals surface area (Å²) in [5.41, 5.74) is 5.29. The Morgan fingerprint density at radius 3 is 2.57 bits per heavy atom. The molecular weight excluding hydrogens is 182 g/mol. The summed E-state index contributed by atoms with van der Waals surface area (Å²) in [5, 5.41) is 8.77. The molecule has 0 aliphatic heterocycles. The summed E-state index contributed by atoms with van der Waals surface area (Å²) in [6.45, 7) is 5.01. The van der Waals surface area contributed by atoms with Crippen LogP contribution in [0.4, 0.5) is 0 Å². The van der Waals surface area contributed by atoms with Gasteiger partial charge < -0.3 is 15.6 Å². The highest BCUT2D eigenvalue weighted by molar-refractivity contribution is 5.72. The molecule has 14 heavy (non-hydrogen) atoms. The first kappa shape index (κ1) is 13.4.